The number of aromatic nitrogens is 2. The number of hydrogen-bond acceptors (Lipinski definition) is 5. The Hall–Kier alpha value is -1.65. The van der Waals surface area contributed by atoms with Crippen LogP contribution in [0.3, 0.4) is 0 Å². The molecule has 2 heterocycles. The van der Waals surface area contributed by atoms with Crippen LogP contribution in [0.4, 0.5) is 13.2 Å². The standard InChI is InChI=1S/C12H7F3IN3O2/c13-12(14,15)11-17-10(19-21-11)7-3-1-6(2-4-7)8-5-9(16)18-20-8/h1-4,8H,5H2. The van der Waals surface area contributed by atoms with Crippen LogP contribution in [0.1, 0.15) is 24.0 Å². The van der Waals surface area contributed by atoms with Crippen LogP contribution >= 0.6 is 22.6 Å². The zero-order valence-electron chi connectivity index (χ0n) is 10.3. The lowest BCUT2D eigenvalue weighted by molar-refractivity contribution is -0.159. The molecule has 110 valence electrons. The molecule has 0 radical (unpaired) electrons. The van der Waals surface area contributed by atoms with Crippen molar-refractivity contribution < 1.29 is 22.5 Å². The number of hydrogen-bond donors (Lipinski definition) is 0. The van der Waals surface area contributed by atoms with Crippen molar-refractivity contribution in [3.8, 4) is 11.4 Å². The Kier molecular flexibility index (Phi) is 3.59. The first-order valence-electron chi connectivity index (χ1n) is 5.83. The number of benzene rings is 1. The van der Waals surface area contributed by atoms with Gasteiger partial charge in [-0.3, -0.25) is 0 Å². The maximum atomic E-state index is 12.4. The van der Waals surface area contributed by atoms with Crippen LogP contribution in [0.15, 0.2) is 33.9 Å². The number of rotatable bonds is 2. The van der Waals surface area contributed by atoms with Crippen molar-refractivity contribution in [2.24, 2.45) is 5.16 Å². The molecule has 0 saturated heterocycles. The van der Waals surface area contributed by atoms with Gasteiger partial charge in [-0.25, -0.2) is 0 Å². The summed E-state index contributed by atoms with van der Waals surface area (Å²) < 4.78 is 42.3. The first-order valence-corrected chi connectivity index (χ1v) is 6.91. The molecule has 21 heavy (non-hydrogen) atoms. The zero-order chi connectivity index (χ0) is 15.0. The molecule has 1 atom stereocenters. The van der Waals surface area contributed by atoms with E-state index in [1.807, 2.05) is 0 Å². The molecule has 0 fully saturated rings. The highest BCUT2D eigenvalue weighted by Gasteiger charge is 2.38. The van der Waals surface area contributed by atoms with Crippen molar-refractivity contribution in [2.45, 2.75) is 18.7 Å². The van der Waals surface area contributed by atoms with Crippen molar-refractivity contribution in [2.75, 3.05) is 0 Å². The van der Waals surface area contributed by atoms with Gasteiger partial charge < -0.3 is 9.36 Å². The summed E-state index contributed by atoms with van der Waals surface area (Å²) >= 11 is 2.09. The summed E-state index contributed by atoms with van der Waals surface area (Å²) in [7, 11) is 0. The van der Waals surface area contributed by atoms with Crippen LogP contribution in [0.2, 0.25) is 0 Å². The molecule has 0 N–H and O–H groups in total. The molecule has 0 saturated carbocycles. The van der Waals surface area contributed by atoms with E-state index in [1.165, 1.54) is 0 Å². The fourth-order valence-corrected chi connectivity index (χ4v) is 2.34. The second-order valence-electron chi connectivity index (χ2n) is 4.31. The Balaban J connectivity index is 1.80. The van der Waals surface area contributed by atoms with Gasteiger partial charge in [0.2, 0.25) is 5.82 Å². The minimum atomic E-state index is -4.64. The number of alkyl halides is 3. The van der Waals surface area contributed by atoms with Crippen molar-refractivity contribution >= 4 is 26.3 Å². The molecule has 9 heteroatoms. The third-order valence-electron chi connectivity index (χ3n) is 2.84. The summed E-state index contributed by atoms with van der Waals surface area (Å²) in [5.74, 6) is -1.46. The molecule has 1 aromatic heterocycles. The molecule has 1 aliphatic heterocycles. The van der Waals surface area contributed by atoms with E-state index in [2.05, 4.69) is 42.4 Å². The fourth-order valence-electron chi connectivity index (χ4n) is 1.83. The maximum Gasteiger partial charge on any atom is 0.471 e. The lowest BCUT2D eigenvalue weighted by Gasteiger charge is -2.08. The van der Waals surface area contributed by atoms with Gasteiger partial charge in [-0.05, 0) is 28.2 Å². The van der Waals surface area contributed by atoms with Gasteiger partial charge >= 0.3 is 12.1 Å². The number of halogens is 4. The summed E-state index contributed by atoms with van der Waals surface area (Å²) in [5.41, 5.74) is 1.32. The average molecular weight is 409 g/mol. The van der Waals surface area contributed by atoms with Crippen LogP contribution in [-0.2, 0) is 11.0 Å². The Morgan fingerprint density at radius 1 is 1.19 bits per heavy atom. The molecule has 1 unspecified atom stereocenters. The first kappa shape index (κ1) is 14.3. The first-order chi connectivity index (χ1) is 9.93. The van der Waals surface area contributed by atoms with Crippen LogP contribution < -0.4 is 0 Å². The summed E-state index contributed by atoms with van der Waals surface area (Å²) in [6.07, 6.45) is -4.13. The molecular weight excluding hydrogens is 402 g/mol. The minimum Gasteiger partial charge on any atom is -0.387 e. The normalized spacial score (nSPS) is 18.5. The van der Waals surface area contributed by atoms with Crippen LogP contribution in [0.5, 0.6) is 0 Å². The lowest BCUT2D eigenvalue weighted by Crippen LogP contribution is -2.04. The van der Waals surface area contributed by atoms with Crippen molar-refractivity contribution in [3.05, 3.63) is 35.7 Å². The molecular formula is C12H7F3IN3O2. The average Bonchev–Trinajstić information content (AvgIpc) is 3.07. The van der Waals surface area contributed by atoms with Gasteiger partial charge in [0.15, 0.2) is 6.10 Å². The third kappa shape index (κ3) is 3.01. The number of oxime groups is 1. The highest BCUT2D eigenvalue weighted by atomic mass is 127. The van der Waals surface area contributed by atoms with Gasteiger partial charge in [0, 0.05) is 12.0 Å². The van der Waals surface area contributed by atoms with Gasteiger partial charge in [-0.15, -0.1) is 0 Å². The lowest BCUT2D eigenvalue weighted by atomic mass is 10.1. The summed E-state index contributed by atoms with van der Waals surface area (Å²) in [4.78, 5) is 8.56. The van der Waals surface area contributed by atoms with E-state index in [0.717, 1.165) is 9.28 Å². The molecule has 0 aliphatic carbocycles. The van der Waals surface area contributed by atoms with Crippen molar-refractivity contribution in [3.63, 3.8) is 0 Å². The van der Waals surface area contributed by atoms with E-state index in [0.29, 0.717) is 12.0 Å². The molecule has 0 bridgehead atoms. The zero-order valence-corrected chi connectivity index (χ0v) is 12.4. The highest BCUT2D eigenvalue weighted by Crippen LogP contribution is 2.32. The molecule has 0 amide bonds. The summed E-state index contributed by atoms with van der Waals surface area (Å²) in [5, 5.41) is 7.17. The van der Waals surface area contributed by atoms with E-state index in [1.54, 1.807) is 24.3 Å². The van der Waals surface area contributed by atoms with E-state index >= 15 is 0 Å². The maximum absolute atomic E-state index is 12.4. The second-order valence-corrected chi connectivity index (χ2v) is 5.55. The van der Waals surface area contributed by atoms with Gasteiger partial charge in [-0.2, -0.15) is 18.2 Å². The van der Waals surface area contributed by atoms with Gasteiger partial charge in [0.1, 0.15) is 3.72 Å². The van der Waals surface area contributed by atoms with Gasteiger partial charge in [-0.1, -0.05) is 34.6 Å². The topological polar surface area (TPSA) is 60.5 Å². The summed E-state index contributed by atoms with van der Waals surface area (Å²) in [6.45, 7) is 0. The molecule has 5 nitrogen and oxygen atoms in total. The Morgan fingerprint density at radius 3 is 2.43 bits per heavy atom. The molecule has 3 rings (SSSR count). The second kappa shape index (κ2) is 5.28. The molecule has 2 aromatic rings. The smallest absolute Gasteiger partial charge is 0.387 e. The predicted octanol–water partition coefficient (Wildman–Crippen LogP) is 3.97. The Morgan fingerprint density at radius 2 is 1.90 bits per heavy atom. The van der Waals surface area contributed by atoms with E-state index in [4.69, 9.17) is 4.84 Å². The van der Waals surface area contributed by atoms with Crippen molar-refractivity contribution in [1.82, 2.24) is 10.1 Å². The quantitative estimate of drug-likeness (QED) is 0.705. The SMILES string of the molecule is FC(F)(F)c1nc(-c2ccc(C3CC(I)=NO3)cc2)no1. The Bertz CT molecular complexity index is 682. The number of nitrogens with zero attached hydrogens (tertiary/aromatic N) is 3. The van der Waals surface area contributed by atoms with Gasteiger partial charge in [0.25, 0.3) is 0 Å². The Labute approximate surface area is 130 Å². The highest BCUT2D eigenvalue weighted by molar-refractivity contribution is 14.1. The molecule has 0 spiro atoms. The molecule has 1 aliphatic rings. The van der Waals surface area contributed by atoms with E-state index in [-0.39, 0.29) is 11.9 Å². The summed E-state index contributed by atoms with van der Waals surface area (Å²) in [6, 6.07) is 6.73. The van der Waals surface area contributed by atoms with Crippen LogP contribution in [0.25, 0.3) is 11.4 Å². The molecule has 1 aromatic carbocycles. The van der Waals surface area contributed by atoms with Crippen LogP contribution in [0, 0.1) is 0 Å². The largest absolute Gasteiger partial charge is 0.471 e. The van der Waals surface area contributed by atoms with Crippen molar-refractivity contribution in [1.29, 1.82) is 0 Å². The van der Waals surface area contributed by atoms with E-state index in [9.17, 15) is 13.2 Å². The third-order valence-corrected chi connectivity index (χ3v) is 3.48. The minimum absolute atomic E-state index is 0.105. The fraction of sp³-hybridized carbons (Fsp3) is 0.250. The predicted molar refractivity (Wildman–Crippen MR) is 74.6 cm³/mol. The monoisotopic (exact) mass is 409 g/mol. The van der Waals surface area contributed by atoms with E-state index < -0.39 is 12.1 Å². The van der Waals surface area contributed by atoms with Crippen LogP contribution in [-0.4, -0.2) is 13.9 Å². The van der Waals surface area contributed by atoms with Gasteiger partial charge in [0.05, 0.1) is 0 Å².